The Hall–Kier alpha value is -1.62. The fourth-order valence-corrected chi connectivity index (χ4v) is 2.35. The number of phenols is 1. The Labute approximate surface area is 112 Å². The van der Waals surface area contributed by atoms with Gasteiger partial charge in [0.25, 0.3) is 5.91 Å². The SMILES string of the molecule is O=C(NCCC1CCNCC1)c1ccc(F)cc1O. The summed E-state index contributed by atoms with van der Waals surface area (Å²) < 4.78 is 12.8. The van der Waals surface area contributed by atoms with Crippen molar-refractivity contribution in [1.82, 2.24) is 10.6 Å². The topological polar surface area (TPSA) is 61.4 Å². The van der Waals surface area contributed by atoms with Gasteiger partial charge in [0.2, 0.25) is 0 Å². The van der Waals surface area contributed by atoms with Crippen molar-refractivity contribution < 1.29 is 14.3 Å². The van der Waals surface area contributed by atoms with Crippen molar-refractivity contribution in [3.63, 3.8) is 0 Å². The first-order valence-corrected chi connectivity index (χ1v) is 6.64. The number of aromatic hydroxyl groups is 1. The van der Waals surface area contributed by atoms with Crippen LogP contribution in [0.15, 0.2) is 18.2 Å². The Kier molecular flexibility index (Phi) is 4.74. The number of phenolic OH excluding ortho intramolecular Hbond substituents is 1. The highest BCUT2D eigenvalue weighted by molar-refractivity contribution is 5.96. The lowest BCUT2D eigenvalue weighted by atomic mass is 9.95. The molecule has 3 N–H and O–H groups in total. The third-order valence-corrected chi connectivity index (χ3v) is 3.50. The van der Waals surface area contributed by atoms with E-state index in [1.165, 1.54) is 12.1 Å². The Bertz CT molecular complexity index is 445. The maximum atomic E-state index is 12.8. The van der Waals surface area contributed by atoms with Gasteiger partial charge in [-0.3, -0.25) is 4.79 Å². The molecule has 0 bridgehead atoms. The number of halogens is 1. The molecule has 0 spiro atoms. The van der Waals surface area contributed by atoms with Crippen LogP contribution in [0, 0.1) is 11.7 Å². The molecule has 0 aromatic heterocycles. The van der Waals surface area contributed by atoms with Crippen molar-refractivity contribution in [2.75, 3.05) is 19.6 Å². The molecule has 2 rings (SSSR count). The number of carbonyl (C=O) groups is 1. The van der Waals surface area contributed by atoms with Crippen molar-refractivity contribution in [1.29, 1.82) is 0 Å². The average molecular weight is 266 g/mol. The summed E-state index contributed by atoms with van der Waals surface area (Å²) in [5.41, 5.74) is 0.117. The van der Waals surface area contributed by atoms with E-state index in [4.69, 9.17) is 0 Å². The van der Waals surface area contributed by atoms with Crippen LogP contribution in [-0.2, 0) is 0 Å². The van der Waals surface area contributed by atoms with E-state index in [-0.39, 0.29) is 17.2 Å². The van der Waals surface area contributed by atoms with Crippen molar-refractivity contribution in [2.24, 2.45) is 5.92 Å². The van der Waals surface area contributed by atoms with E-state index in [1.54, 1.807) is 0 Å². The molecule has 1 fully saturated rings. The number of rotatable bonds is 4. The van der Waals surface area contributed by atoms with E-state index in [0.717, 1.165) is 38.4 Å². The summed E-state index contributed by atoms with van der Waals surface area (Å²) in [5.74, 6) is -0.585. The Morgan fingerprint density at radius 3 is 2.84 bits per heavy atom. The summed E-state index contributed by atoms with van der Waals surface area (Å²) in [7, 11) is 0. The van der Waals surface area contributed by atoms with Crippen LogP contribution in [0.2, 0.25) is 0 Å². The number of benzene rings is 1. The number of piperidine rings is 1. The zero-order valence-corrected chi connectivity index (χ0v) is 10.8. The molecule has 1 aromatic carbocycles. The number of hydrogen-bond donors (Lipinski definition) is 3. The van der Waals surface area contributed by atoms with E-state index in [2.05, 4.69) is 10.6 Å². The molecule has 0 aliphatic carbocycles. The van der Waals surface area contributed by atoms with Crippen molar-refractivity contribution in [2.45, 2.75) is 19.3 Å². The third kappa shape index (κ3) is 3.92. The minimum Gasteiger partial charge on any atom is -0.507 e. The van der Waals surface area contributed by atoms with Gasteiger partial charge in [-0.2, -0.15) is 0 Å². The summed E-state index contributed by atoms with van der Waals surface area (Å²) in [4.78, 5) is 11.8. The van der Waals surface area contributed by atoms with Crippen LogP contribution < -0.4 is 10.6 Å². The Morgan fingerprint density at radius 1 is 1.42 bits per heavy atom. The molecule has 0 unspecified atom stereocenters. The molecule has 1 aliphatic rings. The number of amides is 1. The maximum Gasteiger partial charge on any atom is 0.255 e. The van der Waals surface area contributed by atoms with Gasteiger partial charge in [-0.05, 0) is 50.4 Å². The lowest BCUT2D eigenvalue weighted by Gasteiger charge is -2.22. The molecule has 1 aliphatic heterocycles. The van der Waals surface area contributed by atoms with Gasteiger partial charge >= 0.3 is 0 Å². The second-order valence-corrected chi connectivity index (χ2v) is 4.90. The molecule has 0 atom stereocenters. The minimum absolute atomic E-state index is 0.117. The van der Waals surface area contributed by atoms with Gasteiger partial charge in [0.15, 0.2) is 0 Å². The molecule has 1 saturated heterocycles. The second kappa shape index (κ2) is 6.52. The molecular weight excluding hydrogens is 247 g/mol. The molecule has 0 saturated carbocycles. The van der Waals surface area contributed by atoms with E-state index in [1.807, 2.05) is 0 Å². The van der Waals surface area contributed by atoms with Gasteiger partial charge in [-0.1, -0.05) is 0 Å². The van der Waals surface area contributed by atoms with Crippen molar-refractivity contribution in [3.8, 4) is 5.75 Å². The van der Waals surface area contributed by atoms with E-state index in [0.29, 0.717) is 12.5 Å². The van der Waals surface area contributed by atoms with Gasteiger partial charge in [0.05, 0.1) is 5.56 Å². The van der Waals surface area contributed by atoms with Crippen LogP contribution in [-0.4, -0.2) is 30.6 Å². The fourth-order valence-electron chi connectivity index (χ4n) is 2.35. The Morgan fingerprint density at radius 2 is 2.16 bits per heavy atom. The molecular formula is C14H19FN2O2. The predicted octanol–water partition coefficient (Wildman–Crippen LogP) is 1.65. The molecule has 4 nitrogen and oxygen atoms in total. The predicted molar refractivity (Wildman–Crippen MR) is 70.6 cm³/mol. The summed E-state index contributed by atoms with van der Waals surface area (Å²) in [6.45, 7) is 2.66. The quantitative estimate of drug-likeness (QED) is 0.776. The average Bonchev–Trinajstić information content (AvgIpc) is 2.39. The number of hydrogen-bond acceptors (Lipinski definition) is 3. The van der Waals surface area contributed by atoms with Crippen LogP contribution in [0.3, 0.4) is 0 Å². The molecule has 5 heteroatoms. The van der Waals surface area contributed by atoms with Crippen LogP contribution >= 0.6 is 0 Å². The fraction of sp³-hybridized carbons (Fsp3) is 0.500. The highest BCUT2D eigenvalue weighted by Gasteiger charge is 2.14. The number of carbonyl (C=O) groups excluding carboxylic acids is 1. The summed E-state index contributed by atoms with van der Waals surface area (Å²) in [6, 6.07) is 3.41. The summed E-state index contributed by atoms with van der Waals surface area (Å²) >= 11 is 0. The zero-order chi connectivity index (χ0) is 13.7. The summed E-state index contributed by atoms with van der Waals surface area (Å²) in [5, 5.41) is 15.6. The monoisotopic (exact) mass is 266 g/mol. The molecule has 1 aromatic rings. The normalized spacial score (nSPS) is 16.3. The Balaban J connectivity index is 1.80. The lowest BCUT2D eigenvalue weighted by molar-refractivity contribution is 0.0948. The maximum absolute atomic E-state index is 12.8. The minimum atomic E-state index is -0.552. The first-order chi connectivity index (χ1) is 9.16. The van der Waals surface area contributed by atoms with Gasteiger partial charge < -0.3 is 15.7 Å². The molecule has 104 valence electrons. The molecule has 19 heavy (non-hydrogen) atoms. The lowest BCUT2D eigenvalue weighted by Crippen LogP contribution is -2.31. The van der Waals surface area contributed by atoms with E-state index < -0.39 is 5.82 Å². The van der Waals surface area contributed by atoms with Gasteiger partial charge in [0.1, 0.15) is 11.6 Å². The smallest absolute Gasteiger partial charge is 0.255 e. The third-order valence-electron chi connectivity index (χ3n) is 3.50. The van der Waals surface area contributed by atoms with Gasteiger partial charge in [-0.25, -0.2) is 4.39 Å². The van der Waals surface area contributed by atoms with Crippen LogP contribution in [0.1, 0.15) is 29.6 Å². The standard InChI is InChI=1S/C14H19FN2O2/c15-11-1-2-12(13(18)9-11)14(19)17-8-5-10-3-6-16-7-4-10/h1-2,9-10,16,18H,3-8H2,(H,17,19). The number of nitrogens with one attached hydrogen (secondary N) is 2. The van der Waals surface area contributed by atoms with E-state index >= 15 is 0 Å². The first kappa shape index (κ1) is 13.8. The molecule has 1 heterocycles. The van der Waals surface area contributed by atoms with Crippen molar-refractivity contribution >= 4 is 5.91 Å². The molecule has 1 amide bonds. The van der Waals surface area contributed by atoms with Gasteiger partial charge in [0, 0.05) is 12.6 Å². The highest BCUT2D eigenvalue weighted by atomic mass is 19.1. The zero-order valence-electron chi connectivity index (χ0n) is 10.8. The van der Waals surface area contributed by atoms with Crippen LogP contribution in [0.4, 0.5) is 4.39 Å². The van der Waals surface area contributed by atoms with E-state index in [9.17, 15) is 14.3 Å². The second-order valence-electron chi connectivity index (χ2n) is 4.90. The largest absolute Gasteiger partial charge is 0.507 e. The first-order valence-electron chi connectivity index (χ1n) is 6.64. The highest BCUT2D eigenvalue weighted by Crippen LogP contribution is 2.18. The van der Waals surface area contributed by atoms with Crippen LogP contribution in [0.25, 0.3) is 0 Å². The van der Waals surface area contributed by atoms with Gasteiger partial charge in [-0.15, -0.1) is 0 Å². The summed E-state index contributed by atoms with van der Waals surface area (Å²) in [6.07, 6.45) is 3.21. The van der Waals surface area contributed by atoms with Crippen LogP contribution in [0.5, 0.6) is 5.75 Å². The molecule has 0 radical (unpaired) electrons. The van der Waals surface area contributed by atoms with Crippen molar-refractivity contribution in [3.05, 3.63) is 29.6 Å².